The summed E-state index contributed by atoms with van der Waals surface area (Å²) in [4.78, 5) is 6.30. The van der Waals surface area contributed by atoms with Crippen molar-refractivity contribution in [3.63, 3.8) is 0 Å². The van der Waals surface area contributed by atoms with Gasteiger partial charge in [-0.2, -0.15) is 0 Å². The Morgan fingerprint density at radius 1 is 1.40 bits per heavy atom. The maximum absolute atomic E-state index is 8.96. The van der Waals surface area contributed by atoms with Gasteiger partial charge in [0.1, 0.15) is 5.82 Å². The second-order valence-electron chi connectivity index (χ2n) is 3.45. The number of hydrogen-bond donors (Lipinski definition) is 2. The maximum Gasteiger partial charge on any atom is 0.131 e. The first-order valence-electron chi connectivity index (χ1n) is 5.15. The molecule has 0 amide bonds. The Kier molecular flexibility index (Phi) is 4.52. The molecule has 4 nitrogen and oxygen atoms in total. The molecule has 0 fully saturated rings. The van der Waals surface area contributed by atoms with Crippen molar-refractivity contribution in [2.24, 2.45) is 0 Å². The summed E-state index contributed by atoms with van der Waals surface area (Å²) < 4.78 is 0. The molecule has 0 spiro atoms. The Labute approximate surface area is 90.2 Å². The Morgan fingerprint density at radius 2 is 2.13 bits per heavy atom. The summed E-state index contributed by atoms with van der Waals surface area (Å²) in [7, 11) is 0. The van der Waals surface area contributed by atoms with Crippen molar-refractivity contribution in [2.45, 2.75) is 20.5 Å². The molecule has 0 aliphatic rings. The normalized spacial score (nSPS) is 10.4. The van der Waals surface area contributed by atoms with Crippen molar-refractivity contribution in [2.75, 3.05) is 24.6 Å². The summed E-state index contributed by atoms with van der Waals surface area (Å²) in [5.41, 5.74) is 1.84. The second-order valence-corrected chi connectivity index (χ2v) is 3.45. The molecular formula is C11H18N2O2. The highest BCUT2D eigenvalue weighted by atomic mass is 16.3. The standard InChI is InChI=1S/C11H18N2O2/c1-3-13(4-5-14)11-9(2)6-10(8-15)7-12-11/h6-7,14-15H,3-5,8H2,1-2H3. The number of aliphatic hydroxyl groups excluding tert-OH is 2. The Balaban J connectivity index is 2.92. The largest absolute Gasteiger partial charge is 0.395 e. The number of aryl methyl sites for hydroxylation is 1. The molecule has 84 valence electrons. The van der Waals surface area contributed by atoms with Crippen LogP contribution in [0.5, 0.6) is 0 Å². The van der Waals surface area contributed by atoms with Gasteiger partial charge in [-0.15, -0.1) is 0 Å². The minimum atomic E-state index is 0.0141. The van der Waals surface area contributed by atoms with Crippen molar-refractivity contribution >= 4 is 5.82 Å². The Hall–Kier alpha value is -1.13. The van der Waals surface area contributed by atoms with E-state index in [0.717, 1.165) is 23.5 Å². The van der Waals surface area contributed by atoms with Gasteiger partial charge in [0.05, 0.1) is 13.2 Å². The van der Waals surface area contributed by atoms with E-state index >= 15 is 0 Å². The number of aromatic nitrogens is 1. The molecule has 1 heterocycles. The summed E-state index contributed by atoms with van der Waals surface area (Å²) >= 11 is 0. The molecule has 0 radical (unpaired) electrons. The van der Waals surface area contributed by atoms with E-state index in [1.807, 2.05) is 24.8 Å². The Morgan fingerprint density at radius 3 is 2.60 bits per heavy atom. The van der Waals surface area contributed by atoms with E-state index in [4.69, 9.17) is 10.2 Å². The number of nitrogens with zero attached hydrogens (tertiary/aromatic N) is 2. The summed E-state index contributed by atoms with van der Waals surface area (Å²) in [5.74, 6) is 0.878. The fourth-order valence-corrected chi connectivity index (χ4v) is 1.58. The fourth-order valence-electron chi connectivity index (χ4n) is 1.58. The van der Waals surface area contributed by atoms with Crippen LogP contribution in [0.2, 0.25) is 0 Å². The lowest BCUT2D eigenvalue weighted by atomic mass is 10.2. The molecule has 0 atom stereocenters. The van der Waals surface area contributed by atoms with Crippen LogP contribution in [0.15, 0.2) is 12.3 Å². The minimum Gasteiger partial charge on any atom is -0.395 e. The van der Waals surface area contributed by atoms with Gasteiger partial charge in [-0.3, -0.25) is 0 Å². The molecule has 0 unspecified atom stereocenters. The first kappa shape index (κ1) is 11.9. The average Bonchev–Trinajstić information content (AvgIpc) is 2.26. The molecule has 0 bridgehead atoms. The van der Waals surface area contributed by atoms with E-state index in [2.05, 4.69) is 4.98 Å². The highest BCUT2D eigenvalue weighted by Crippen LogP contribution is 2.17. The number of aliphatic hydroxyl groups is 2. The molecule has 0 saturated carbocycles. The van der Waals surface area contributed by atoms with Crippen LogP contribution in [0, 0.1) is 6.92 Å². The molecule has 0 saturated heterocycles. The molecule has 2 N–H and O–H groups in total. The van der Waals surface area contributed by atoms with Crippen molar-refractivity contribution in [1.82, 2.24) is 4.98 Å². The predicted molar refractivity (Wildman–Crippen MR) is 59.9 cm³/mol. The van der Waals surface area contributed by atoms with Crippen LogP contribution < -0.4 is 4.90 Å². The third-order valence-corrected chi connectivity index (χ3v) is 2.34. The van der Waals surface area contributed by atoms with Gasteiger partial charge in [0.2, 0.25) is 0 Å². The van der Waals surface area contributed by atoms with Crippen molar-refractivity contribution < 1.29 is 10.2 Å². The zero-order valence-electron chi connectivity index (χ0n) is 9.27. The van der Waals surface area contributed by atoms with E-state index in [0.29, 0.717) is 6.54 Å². The minimum absolute atomic E-state index is 0.0141. The summed E-state index contributed by atoms with van der Waals surface area (Å²) in [6.45, 7) is 5.52. The number of hydrogen-bond acceptors (Lipinski definition) is 4. The number of pyridine rings is 1. The zero-order chi connectivity index (χ0) is 11.3. The van der Waals surface area contributed by atoms with Crippen LogP contribution in [0.4, 0.5) is 5.82 Å². The van der Waals surface area contributed by atoms with E-state index in [1.165, 1.54) is 0 Å². The summed E-state index contributed by atoms with van der Waals surface area (Å²) in [6, 6.07) is 1.92. The summed E-state index contributed by atoms with van der Waals surface area (Å²) in [5, 5.41) is 17.9. The predicted octanol–water partition coefficient (Wildman–Crippen LogP) is 0.701. The van der Waals surface area contributed by atoms with Crippen LogP contribution >= 0.6 is 0 Å². The van der Waals surface area contributed by atoms with Gasteiger partial charge in [0.15, 0.2) is 0 Å². The third kappa shape index (κ3) is 2.91. The van der Waals surface area contributed by atoms with Gasteiger partial charge in [-0.05, 0) is 31.0 Å². The number of likely N-dealkylation sites (N-methyl/N-ethyl adjacent to an activating group) is 1. The van der Waals surface area contributed by atoms with Crippen molar-refractivity contribution in [1.29, 1.82) is 0 Å². The first-order chi connectivity index (χ1) is 7.22. The van der Waals surface area contributed by atoms with E-state index < -0.39 is 0 Å². The SMILES string of the molecule is CCN(CCO)c1ncc(CO)cc1C. The van der Waals surface area contributed by atoms with E-state index in [9.17, 15) is 0 Å². The molecular weight excluding hydrogens is 192 g/mol. The monoisotopic (exact) mass is 210 g/mol. The molecule has 1 rings (SSSR count). The van der Waals surface area contributed by atoms with Crippen LogP contribution in [0.25, 0.3) is 0 Å². The third-order valence-electron chi connectivity index (χ3n) is 2.34. The van der Waals surface area contributed by atoms with Crippen LogP contribution in [0.3, 0.4) is 0 Å². The Bertz CT molecular complexity index is 315. The van der Waals surface area contributed by atoms with Gasteiger partial charge in [-0.1, -0.05) is 0 Å². The van der Waals surface area contributed by atoms with Gasteiger partial charge in [0.25, 0.3) is 0 Å². The smallest absolute Gasteiger partial charge is 0.131 e. The van der Waals surface area contributed by atoms with Gasteiger partial charge in [-0.25, -0.2) is 4.98 Å². The van der Waals surface area contributed by atoms with Crippen molar-refractivity contribution in [3.05, 3.63) is 23.4 Å². The molecule has 15 heavy (non-hydrogen) atoms. The molecule has 0 aliphatic heterocycles. The molecule has 0 aliphatic carbocycles. The van der Waals surface area contributed by atoms with Crippen LogP contribution in [0.1, 0.15) is 18.1 Å². The number of anilines is 1. The lowest BCUT2D eigenvalue weighted by molar-refractivity contribution is 0.281. The van der Waals surface area contributed by atoms with Gasteiger partial charge >= 0.3 is 0 Å². The average molecular weight is 210 g/mol. The maximum atomic E-state index is 8.96. The molecule has 1 aromatic heterocycles. The van der Waals surface area contributed by atoms with Crippen LogP contribution in [-0.4, -0.2) is 34.9 Å². The van der Waals surface area contributed by atoms with E-state index in [1.54, 1.807) is 6.20 Å². The highest BCUT2D eigenvalue weighted by Gasteiger charge is 2.08. The second kappa shape index (κ2) is 5.68. The lowest BCUT2D eigenvalue weighted by Crippen LogP contribution is -2.27. The topological polar surface area (TPSA) is 56.6 Å². The fraction of sp³-hybridized carbons (Fsp3) is 0.545. The summed E-state index contributed by atoms with van der Waals surface area (Å²) in [6.07, 6.45) is 1.67. The lowest BCUT2D eigenvalue weighted by Gasteiger charge is -2.22. The first-order valence-corrected chi connectivity index (χ1v) is 5.15. The van der Waals surface area contributed by atoms with Crippen molar-refractivity contribution in [3.8, 4) is 0 Å². The number of rotatable bonds is 5. The van der Waals surface area contributed by atoms with Crippen LogP contribution in [-0.2, 0) is 6.61 Å². The molecule has 0 aromatic carbocycles. The molecule has 1 aromatic rings. The van der Waals surface area contributed by atoms with E-state index in [-0.39, 0.29) is 13.2 Å². The zero-order valence-corrected chi connectivity index (χ0v) is 9.27. The quantitative estimate of drug-likeness (QED) is 0.751. The van der Waals surface area contributed by atoms with Gasteiger partial charge < -0.3 is 15.1 Å². The molecule has 4 heteroatoms. The van der Waals surface area contributed by atoms with Gasteiger partial charge in [0, 0.05) is 19.3 Å². The highest BCUT2D eigenvalue weighted by molar-refractivity contribution is 5.47.